The highest BCUT2D eigenvalue weighted by Crippen LogP contribution is 2.24. The van der Waals surface area contributed by atoms with Crippen molar-refractivity contribution in [3.05, 3.63) is 102 Å². The van der Waals surface area contributed by atoms with Crippen molar-refractivity contribution in [3.63, 3.8) is 0 Å². The summed E-state index contributed by atoms with van der Waals surface area (Å²) < 4.78 is 27.2. The van der Waals surface area contributed by atoms with Gasteiger partial charge in [-0.1, -0.05) is 66.7 Å². The van der Waals surface area contributed by atoms with Gasteiger partial charge in [0.15, 0.2) is 0 Å². The molecule has 6 heteroatoms. The number of amides is 1. The molecule has 3 aromatic rings. The Bertz CT molecular complexity index is 1070. The summed E-state index contributed by atoms with van der Waals surface area (Å²) in [7, 11) is -3.57. The standard InChI is InChI=1S/C24H24N2O3S/c27-24(21-14-9-15-22(18-21)30(28,29)26-16-7-8-17-26)25-23(19-10-3-1-4-11-19)20-12-5-2-6-13-20/h1-6,9-15,18,23H,7-8,16-17H2,(H,25,27). The molecule has 1 heterocycles. The third kappa shape index (κ3) is 4.30. The van der Waals surface area contributed by atoms with E-state index < -0.39 is 10.0 Å². The van der Waals surface area contributed by atoms with Crippen LogP contribution < -0.4 is 5.32 Å². The van der Waals surface area contributed by atoms with Gasteiger partial charge in [0.2, 0.25) is 10.0 Å². The number of nitrogens with one attached hydrogen (secondary N) is 1. The van der Waals surface area contributed by atoms with Gasteiger partial charge in [-0.05, 0) is 42.2 Å². The molecule has 30 heavy (non-hydrogen) atoms. The average molecular weight is 421 g/mol. The molecule has 0 unspecified atom stereocenters. The van der Waals surface area contributed by atoms with E-state index in [2.05, 4.69) is 5.32 Å². The number of rotatable bonds is 6. The summed E-state index contributed by atoms with van der Waals surface area (Å²) in [4.78, 5) is 13.2. The molecule has 0 aliphatic carbocycles. The molecule has 4 rings (SSSR count). The van der Waals surface area contributed by atoms with E-state index >= 15 is 0 Å². The normalized spacial score (nSPS) is 14.7. The van der Waals surface area contributed by atoms with Crippen LogP contribution in [0, 0.1) is 0 Å². The predicted octanol–water partition coefficient (Wildman–Crippen LogP) is 3.99. The van der Waals surface area contributed by atoms with Gasteiger partial charge in [-0.15, -0.1) is 0 Å². The fourth-order valence-corrected chi connectivity index (χ4v) is 5.30. The Morgan fingerprint density at radius 1 is 0.800 bits per heavy atom. The van der Waals surface area contributed by atoms with Gasteiger partial charge in [-0.2, -0.15) is 4.31 Å². The van der Waals surface area contributed by atoms with Crippen molar-refractivity contribution in [1.29, 1.82) is 0 Å². The Balaban J connectivity index is 1.62. The van der Waals surface area contributed by atoms with Gasteiger partial charge in [0.25, 0.3) is 5.91 Å². The van der Waals surface area contributed by atoms with Gasteiger partial charge >= 0.3 is 0 Å². The summed E-state index contributed by atoms with van der Waals surface area (Å²) in [5.74, 6) is -0.314. The fraction of sp³-hybridized carbons (Fsp3) is 0.208. The van der Waals surface area contributed by atoms with Crippen LogP contribution in [0.2, 0.25) is 0 Å². The topological polar surface area (TPSA) is 66.5 Å². The van der Waals surface area contributed by atoms with Crippen LogP contribution in [0.5, 0.6) is 0 Å². The lowest BCUT2D eigenvalue weighted by Crippen LogP contribution is -2.30. The number of carbonyl (C=O) groups is 1. The summed E-state index contributed by atoms with van der Waals surface area (Å²) in [6, 6.07) is 25.4. The van der Waals surface area contributed by atoms with Crippen LogP contribution in [-0.2, 0) is 10.0 Å². The third-order valence-corrected chi connectivity index (χ3v) is 7.23. The van der Waals surface area contributed by atoms with Gasteiger partial charge in [-0.25, -0.2) is 8.42 Å². The molecular formula is C24H24N2O3S. The van der Waals surface area contributed by atoms with Crippen LogP contribution in [0.25, 0.3) is 0 Å². The number of benzene rings is 3. The molecule has 0 saturated carbocycles. The van der Waals surface area contributed by atoms with E-state index in [1.165, 1.54) is 10.4 Å². The van der Waals surface area contributed by atoms with E-state index in [0.717, 1.165) is 24.0 Å². The zero-order valence-corrected chi connectivity index (χ0v) is 17.4. The van der Waals surface area contributed by atoms with Crippen molar-refractivity contribution in [2.24, 2.45) is 0 Å². The maximum Gasteiger partial charge on any atom is 0.252 e. The molecule has 0 atom stereocenters. The van der Waals surface area contributed by atoms with Crippen LogP contribution >= 0.6 is 0 Å². The predicted molar refractivity (Wildman–Crippen MR) is 117 cm³/mol. The molecule has 3 aromatic carbocycles. The van der Waals surface area contributed by atoms with E-state index in [4.69, 9.17) is 0 Å². The maximum absolute atomic E-state index is 13.1. The Hall–Kier alpha value is -2.96. The average Bonchev–Trinajstić information content (AvgIpc) is 3.34. The molecular weight excluding hydrogens is 396 g/mol. The monoisotopic (exact) mass is 420 g/mol. The lowest BCUT2D eigenvalue weighted by atomic mass is 9.98. The Labute approximate surface area is 177 Å². The highest BCUT2D eigenvalue weighted by Gasteiger charge is 2.28. The highest BCUT2D eigenvalue weighted by atomic mass is 32.2. The molecule has 1 amide bonds. The molecule has 1 saturated heterocycles. The van der Waals surface area contributed by atoms with Gasteiger partial charge in [0, 0.05) is 18.7 Å². The summed E-state index contributed by atoms with van der Waals surface area (Å²) in [5.41, 5.74) is 2.24. The number of nitrogens with zero attached hydrogens (tertiary/aromatic N) is 1. The molecule has 1 N–H and O–H groups in total. The molecule has 1 aliphatic heterocycles. The van der Waals surface area contributed by atoms with Crippen molar-refractivity contribution in [2.45, 2.75) is 23.8 Å². The van der Waals surface area contributed by atoms with Crippen molar-refractivity contribution in [1.82, 2.24) is 9.62 Å². The van der Waals surface area contributed by atoms with Gasteiger partial charge < -0.3 is 5.32 Å². The number of hydrogen-bond donors (Lipinski definition) is 1. The summed E-state index contributed by atoms with van der Waals surface area (Å²) >= 11 is 0. The Morgan fingerprint density at radius 2 is 1.37 bits per heavy atom. The maximum atomic E-state index is 13.1. The fourth-order valence-electron chi connectivity index (χ4n) is 3.74. The SMILES string of the molecule is O=C(NC(c1ccccc1)c1ccccc1)c1cccc(S(=O)(=O)N2CCCC2)c1. The van der Waals surface area contributed by atoms with E-state index in [-0.39, 0.29) is 16.8 Å². The second-order valence-corrected chi connectivity index (χ2v) is 9.30. The van der Waals surface area contributed by atoms with Crippen LogP contribution in [0.1, 0.15) is 40.4 Å². The van der Waals surface area contributed by atoms with Crippen molar-refractivity contribution in [3.8, 4) is 0 Å². The summed E-state index contributed by atoms with van der Waals surface area (Å²) in [6.45, 7) is 1.06. The van der Waals surface area contributed by atoms with Crippen LogP contribution in [0.3, 0.4) is 0 Å². The smallest absolute Gasteiger partial charge is 0.252 e. The molecule has 0 radical (unpaired) electrons. The second-order valence-electron chi connectivity index (χ2n) is 7.37. The zero-order valence-electron chi connectivity index (χ0n) is 16.6. The molecule has 0 spiro atoms. The molecule has 0 bridgehead atoms. The van der Waals surface area contributed by atoms with Gasteiger partial charge in [-0.3, -0.25) is 4.79 Å². The van der Waals surface area contributed by atoms with E-state index in [9.17, 15) is 13.2 Å². The summed E-state index contributed by atoms with van der Waals surface area (Å²) in [5, 5.41) is 3.07. The van der Waals surface area contributed by atoms with Crippen molar-refractivity contribution in [2.75, 3.05) is 13.1 Å². The lowest BCUT2D eigenvalue weighted by molar-refractivity contribution is 0.0942. The first-order chi connectivity index (χ1) is 14.6. The van der Waals surface area contributed by atoms with Crippen molar-refractivity contribution < 1.29 is 13.2 Å². The first-order valence-corrected chi connectivity index (χ1v) is 11.5. The second kappa shape index (κ2) is 8.81. The molecule has 5 nitrogen and oxygen atoms in total. The number of hydrogen-bond acceptors (Lipinski definition) is 3. The van der Waals surface area contributed by atoms with Gasteiger partial charge in [0.1, 0.15) is 0 Å². The van der Waals surface area contributed by atoms with E-state index in [1.807, 2.05) is 60.7 Å². The van der Waals surface area contributed by atoms with Crippen LogP contribution in [0.15, 0.2) is 89.8 Å². The first kappa shape index (κ1) is 20.3. The minimum Gasteiger partial charge on any atom is -0.341 e. The van der Waals surface area contributed by atoms with Crippen molar-refractivity contribution >= 4 is 15.9 Å². The molecule has 1 fully saturated rings. The minimum absolute atomic E-state index is 0.160. The zero-order chi connectivity index (χ0) is 21.0. The number of sulfonamides is 1. The quantitative estimate of drug-likeness (QED) is 0.656. The largest absolute Gasteiger partial charge is 0.341 e. The van der Waals surface area contributed by atoms with E-state index in [0.29, 0.717) is 18.7 Å². The Morgan fingerprint density at radius 3 is 1.93 bits per heavy atom. The van der Waals surface area contributed by atoms with Gasteiger partial charge in [0.05, 0.1) is 10.9 Å². The van der Waals surface area contributed by atoms with Crippen LogP contribution in [0.4, 0.5) is 0 Å². The van der Waals surface area contributed by atoms with E-state index in [1.54, 1.807) is 18.2 Å². The third-order valence-electron chi connectivity index (χ3n) is 5.34. The van der Waals surface area contributed by atoms with Crippen LogP contribution in [-0.4, -0.2) is 31.7 Å². The number of carbonyl (C=O) groups excluding carboxylic acids is 1. The molecule has 154 valence electrons. The summed E-state index contributed by atoms with van der Waals surface area (Å²) in [6.07, 6.45) is 1.74. The molecule has 0 aromatic heterocycles. The Kier molecular flexibility index (Phi) is 5.97. The highest BCUT2D eigenvalue weighted by molar-refractivity contribution is 7.89. The lowest BCUT2D eigenvalue weighted by Gasteiger charge is -2.20. The first-order valence-electron chi connectivity index (χ1n) is 10.1. The minimum atomic E-state index is -3.57. The molecule has 1 aliphatic rings.